The minimum atomic E-state index is -0.753. The van der Waals surface area contributed by atoms with E-state index in [0.717, 1.165) is 36.6 Å². The van der Waals surface area contributed by atoms with Crippen molar-refractivity contribution in [3.8, 4) is 0 Å². The first-order chi connectivity index (χ1) is 15.5. The van der Waals surface area contributed by atoms with Crippen LogP contribution in [0.5, 0.6) is 0 Å². The van der Waals surface area contributed by atoms with E-state index in [2.05, 4.69) is 14.7 Å². The predicted octanol–water partition coefficient (Wildman–Crippen LogP) is 4.00. The summed E-state index contributed by atoms with van der Waals surface area (Å²) in [7, 11) is 3.15. The summed E-state index contributed by atoms with van der Waals surface area (Å²) in [5.74, 6) is -0.260. The number of aliphatic imine (C=N–C) groups is 1. The molecule has 0 spiro atoms. The lowest BCUT2D eigenvalue weighted by Gasteiger charge is -2.17. The zero-order chi connectivity index (χ0) is 24.6. The van der Waals surface area contributed by atoms with Gasteiger partial charge in [-0.1, -0.05) is 12.8 Å². The molecular formula is C24H34N4O5. The van der Waals surface area contributed by atoms with Crippen molar-refractivity contribution in [2.45, 2.75) is 58.5 Å². The summed E-state index contributed by atoms with van der Waals surface area (Å²) in [5, 5.41) is 0.786. The van der Waals surface area contributed by atoms with E-state index in [-0.39, 0.29) is 17.7 Å². The van der Waals surface area contributed by atoms with Gasteiger partial charge in [-0.3, -0.25) is 9.59 Å². The van der Waals surface area contributed by atoms with Crippen LogP contribution in [0.25, 0.3) is 10.9 Å². The molecule has 2 amide bonds. The SMILES string of the molecule is COC(=O)CCCCCCN(C)C(=O)c1cc2cc(/C(N)=N\C(=O)OC(C)(C)C)ccc2[nH]1. The summed E-state index contributed by atoms with van der Waals surface area (Å²) in [6, 6.07) is 7.05. The number of nitrogens with one attached hydrogen (secondary N) is 1. The summed E-state index contributed by atoms with van der Waals surface area (Å²) in [6.07, 6.45) is 3.16. The molecule has 2 aromatic rings. The zero-order valence-electron chi connectivity index (χ0n) is 20.1. The molecule has 1 heterocycles. The Balaban J connectivity index is 1.96. The molecule has 2 rings (SSSR count). The van der Waals surface area contributed by atoms with Crippen molar-refractivity contribution in [1.82, 2.24) is 9.88 Å². The van der Waals surface area contributed by atoms with Crippen LogP contribution >= 0.6 is 0 Å². The maximum absolute atomic E-state index is 12.8. The van der Waals surface area contributed by atoms with Gasteiger partial charge in [0.05, 0.1) is 7.11 Å². The van der Waals surface area contributed by atoms with Gasteiger partial charge in [0.15, 0.2) is 0 Å². The van der Waals surface area contributed by atoms with Crippen molar-refractivity contribution in [1.29, 1.82) is 0 Å². The molecule has 33 heavy (non-hydrogen) atoms. The number of esters is 1. The maximum Gasteiger partial charge on any atom is 0.436 e. The van der Waals surface area contributed by atoms with E-state index < -0.39 is 11.7 Å². The van der Waals surface area contributed by atoms with E-state index in [1.807, 2.05) is 0 Å². The van der Waals surface area contributed by atoms with Gasteiger partial charge in [-0.05, 0) is 57.9 Å². The van der Waals surface area contributed by atoms with Crippen LogP contribution in [0.4, 0.5) is 4.79 Å². The molecule has 0 saturated heterocycles. The first-order valence-corrected chi connectivity index (χ1v) is 11.0. The van der Waals surface area contributed by atoms with Crippen LogP contribution < -0.4 is 5.73 Å². The summed E-state index contributed by atoms with van der Waals surface area (Å²) >= 11 is 0. The number of amides is 2. The van der Waals surface area contributed by atoms with Crippen molar-refractivity contribution < 1.29 is 23.9 Å². The molecule has 1 aromatic heterocycles. The third kappa shape index (κ3) is 8.25. The van der Waals surface area contributed by atoms with Crippen LogP contribution in [0, 0.1) is 0 Å². The van der Waals surface area contributed by atoms with Gasteiger partial charge in [-0.15, -0.1) is 0 Å². The Morgan fingerprint density at radius 3 is 2.45 bits per heavy atom. The number of methoxy groups -OCH3 is 1. The Morgan fingerprint density at radius 1 is 1.09 bits per heavy atom. The Labute approximate surface area is 194 Å². The highest BCUT2D eigenvalue weighted by atomic mass is 16.6. The number of carbonyl (C=O) groups is 3. The summed E-state index contributed by atoms with van der Waals surface area (Å²) in [6.45, 7) is 5.88. The van der Waals surface area contributed by atoms with Crippen LogP contribution in [0.1, 0.15) is 68.9 Å². The fourth-order valence-electron chi connectivity index (χ4n) is 3.24. The molecule has 0 fully saturated rings. The number of rotatable bonds is 9. The van der Waals surface area contributed by atoms with E-state index in [4.69, 9.17) is 10.5 Å². The molecule has 0 aliphatic rings. The fraction of sp³-hybridized carbons (Fsp3) is 0.500. The molecular weight excluding hydrogens is 424 g/mol. The lowest BCUT2D eigenvalue weighted by atomic mass is 10.1. The first-order valence-electron chi connectivity index (χ1n) is 11.0. The smallest absolute Gasteiger partial charge is 0.436 e. The van der Waals surface area contributed by atoms with Gasteiger partial charge < -0.3 is 25.1 Å². The molecule has 0 saturated carbocycles. The number of carbonyl (C=O) groups excluding carboxylic acids is 3. The van der Waals surface area contributed by atoms with Crippen LogP contribution in [0.2, 0.25) is 0 Å². The Morgan fingerprint density at radius 2 is 1.79 bits per heavy atom. The maximum atomic E-state index is 12.8. The molecule has 0 radical (unpaired) electrons. The van der Waals surface area contributed by atoms with Gasteiger partial charge in [0, 0.05) is 36.5 Å². The van der Waals surface area contributed by atoms with E-state index in [0.29, 0.717) is 24.2 Å². The van der Waals surface area contributed by atoms with Crippen molar-refractivity contribution in [2.24, 2.45) is 10.7 Å². The van der Waals surface area contributed by atoms with Gasteiger partial charge in [-0.2, -0.15) is 4.99 Å². The largest absolute Gasteiger partial charge is 0.469 e. The Bertz CT molecular complexity index is 1020. The lowest BCUT2D eigenvalue weighted by Crippen LogP contribution is -2.27. The number of nitrogens with zero attached hydrogens (tertiary/aromatic N) is 2. The number of fused-ring (bicyclic) bond motifs is 1. The van der Waals surface area contributed by atoms with Crippen molar-refractivity contribution in [3.05, 3.63) is 35.5 Å². The second kappa shape index (κ2) is 11.5. The summed E-state index contributed by atoms with van der Waals surface area (Å²) < 4.78 is 9.79. The second-order valence-corrected chi connectivity index (χ2v) is 8.93. The third-order valence-electron chi connectivity index (χ3n) is 4.95. The van der Waals surface area contributed by atoms with Crippen molar-refractivity contribution in [2.75, 3.05) is 20.7 Å². The van der Waals surface area contributed by atoms with E-state index in [1.54, 1.807) is 57.0 Å². The molecule has 0 bridgehead atoms. The normalized spacial score (nSPS) is 12.0. The van der Waals surface area contributed by atoms with E-state index >= 15 is 0 Å². The Hall–Kier alpha value is -3.36. The number of ether oxygens (including phenoxy) is 2. The minimum Gasteiger partial charge on any atom is -0.469 e. The third-order valence-corrected chi connectivity index (χ3v) is 4.95. The summed E-state index contributed by atoms with van der Waals surface area (Å²) in [5.41, 5.74) is 7.13. The number of nitrogens with two attached hydrogens (primary N) is 1. The monoisotopic (exact) mass is 458 g/mol. The molecule has 9 nitrogen and oxygen atoms in total. The number of aromatic nitrogens is 1. The van der Waals surface area contributed by atoms with Gasteiger partial charge in [0.1, 0.15) is 17.1 Å². The molecule has 3 N–H and O–H groups in total. The molecule has 0 aliphatic heterocycles. The summed E-state index contributed by atoms with van der Waals surface area (Å²) in [4.78, 5) is 44.4. The van der Waals surface area contributed by atoms with Crippen molar-refractivity contribution >= 4 is 34.7 Å². The highest BCUT2D eigenvalue weighted by molar-refractivity contribution is 6.06. The zero-order valence-corrected chi connectivity index (χ0v) is 20.1. The van der Waals surface area contributed by atoms with E-state index in [9.17, 15) is 14.4 Å². The number of aromatic amines is 1. The molecule has 9 heteroatoms. The number of hydrogen-bond acceptors (Lipinski definition) is 5. The number of unbranched alkanes of at least 4 members (excludes halogenated alkanes) is 3. The molecule has 0 unspecified atom stereocenters. The quantitative estimate of drug-likeness (QED) is 0.253. The topological polar surface area (TPSA) is 127 Å². The molecule has 180 valence electrons. The minimum absolute atomic E-state index is 0.0459. The van der Waals surface area contributed by atoms with Gasteiger partial charge in [0.2, 0.25) is 0 Å². The number of hydrogen-bond donors (Lipinski definition) is 2. The molecule has 0 atom stereocenters. The van der Waals surface area contributed by atoms with Crippen LogP contribution in [0.15, 0.2) is 29.3 Å². The molecule has 1 aromatic carbocycles. The average Bonchev–Trinajstić information content (AvgIpc) is 3.17. The van der Waals surface area contributed by atoms with Gasteiger partial charge >= 0.3 is 12.1 Å². The van der Waals surface area contributed by atoms with E-state index in [1.165, 1.54) is 7.11 Å². The van der Waals surface area contributed by atoms with Gasteiger partial charge in [-0.25, -0.2) is 4.79 Å². The highest BCUT2D eigenvalue weighted by Crippen LogP contribution is 2.19. The molecule has 0 aliphatic carbocycles. The number of amidine groups is 1. The van der Waals surface area contributed by atoms with Crippen LogP contribution in [-0.4, -0.2) is 60.0 Å². The van der Waals surface area contributed by atoms with Crippen LogP contribution in [-0.2, 0) is 14.3 Å². The standard InChI is InChI=1S/C24H34N4O5/c1-24(2,3)33-23(31)27-21(25)16-11-12-18-17(14-16)15-19(26-18)22(30)28(4)13-9-7-6-8-10-20(29)32-5/h11-12,14-15,26H,6-10,13H2,1-5H3,(H2,25,27,31). The highest BCUT2D eigenvalue weighted by Gasteiger charge is 2.17. The van der Waals surface area contributed by atoms with Crippen LogP contribution in [0.3, 0.4) is 0 Å². The number of benzene rings is 1. The average molecular weight is 459 g/mol. The predicted molar refractivity (Wildman–Crippen MR) is 127 cm³/mol. The first kappa shape index (κ1) is 25.9. The Kier molecular flexibility index (Phi) is 9.02. The van der Waals surface area contributed by atoms with Crippen molar-refractivity contribution in [3.63, 3.8) is 0 Å². The second-order valence-electron chi connectivity index (χ2n) is 8.93. The van der Waals surface area contributed by atoms with Gasteiger partial charge in [0.25, 0.3) is 5.91 Å². The lowest BCUT2D eigenvalue weighted by molar-refractivity contribution is -0.140. The number of H-pyrrole nitrogens is 1. The fourth-order valence-corrected chi connectivity index (χ4v) is 3.24.